The molecule has 4 nitrogen and oxygen atoms in total. The zero-order valence-electron chi connectivity index (χ0n) is 17.9. The molecular formula is C28H26N2O2. The number of fused-ring (bicyclic) bond motifs is 1. The predicted molar refractivity (Wildman–Crippen MR) is 127 cm³/mol. The van der Waals surface area contributed by atoms with Gasteiger partial charge in [0.15, 0.2) is 0 Å². The standard InChI is InChI=1S/C28H26N2O2/c31-28(26(21-9-3-1-4-10-21)22-11-5-2-6-12-22)30-19-16-24(17-20-30)32-25-15-7-13-23-14-8-18-29-27(23)25/h1-15,18,24,26H,16-17,19-20H2. The summed E-state index contributed by atoms with van der Waals surface area (Å²) in [5, 5.41) is 1.08. The van der Waals surface area contributed by atoms with Gasteiger partial charge in [0.1, 0.15) is 17.4 Å². The van der Waals surface area contributed by atoms with Crippen molar-refractivity contribution in [3.8, 4) is 5.75 Å². The molecule has 5 rings (SSSR count). The number of piperidine rings is 1. The molecule has 0 spiro atoms. The molecule has 1 aliphatic rings. The molecule has 0 aliphatic carbocycles. The first-order chi connectivity index (χ1) is 15.8. The quantitative estimate of drug-likeness (QED) is 0.430. The molecule has 0 bridgehead atoms. The van der Waals surface area contributed by atoms with Gasteiger partial charge in [-0.25, -0.2) is 0 Å². The number of benzene rings is 3. The van der Waals surface area contributed by atoms with E-state index in [1.807, 2.05) is 95.9 Å². The topological polar surface area (TPSA) is 42.4 Å². The maximum Gasteiger partial charge on any atom is 0.234 e. The van der Waals surface area contributed by atoms with Crippen LogP contribution >= 0.6 is 0 Å². The molecule has 0 unspecified atom stereocenters. The zero-order valence-corrected chi connectivity index (χ0v) is 17.9. The molecular weight excluding hydrogens is 396 g/mol. The Morgan fingerprint density at radius 3 is 2.09 bits per heavy atom. The Morgan fingerprint density at radius 1 is 0.812 bits per heavy atom. The summed E-state index contributed by atoms with van der Waals surface area (Å²) in [5.41, 5.74) is 2.95. The molecule has 0 saturated carbocycles. The molecule has 3 aromatic carbocycles. The molecule has 32 heavy (non-hydrogen) atoms. The van der Waals surface area contributed by atoms with E-state index in [0.717, 1.165) is 40.6 Å². The minimum atomic E-state index is -0.280. The van der Waals surface area contributed by atoms with Crippen molar-refractivity contribution >= 4 is 16.8 Å². The third kappa shape index (κ3) is 4.22. The van der Waals surface area contributed by atoms with Gasteiger partial charge in [0, 0.05) is 37.5 Å². The van der Waals surface area contributed by atoms with Gasteiger partial charge in [0.2, 0.25) is 5.91 Å². The van der Waals surface area contributed by atoms with Gasteiger partial charge in [-0.05, 0) is 23.3 Å². The highest BCUT2D eigenvalue weighted by Gasteiger charge is 2.31. The molecule has 1 saturated heterocycles. The van der Waals surface area contributed by atoms with Crippen LogP contribution in [0.15, 0.2) is 97.2 Å². The number of para-hydroxylation sites is 1. The molecule has 1 amide bonds. The third-order valence-electron chi connectivity index (χ3n) is 6.16. The molecule has 1 aliphatic heterocycles. The van der Waals surface area contributed by atoms with Crippen molar-refractivity contribution in [2.45, 2.75) is 24.9 Å². The Labute approximate surface area is 188 Å². The van der Waals surface area contributed by atoms with Gasteiger partial charge < -0.3 is 9.64 Å². The van der Waals surface area contributed by atoms with Gasteiger partial charge in [0.05, 0.1) is 5.92 Å². The molecule has 0 radical (unpaired) electrons. The van der Waals surface area contributed by atoms with E-state index in [0.29, 0.717) is 13.1 Å². The molecule has 0 atom stereocenters. The monoisotopic (exact) mass is 422 g/mol. The Morgan fingerprint density at radius 2 is 1.44 bits per heavy atom. The van der Waals surface area contributed by atoms with Crippen LogP contribution in [0.1, 0.15) is 29.9 Å². The summed E-state index contributed by atoms with van der Waals surface area (Å²) in [6.45, 7) is 1.38. The van der Waals surface area contributed by atoms with Gasteiger partial charge in [-0.1, -0.05) is 78.9 Å². The number of hydrogen-bond acceptors (Lipinski definition) is 3. The van der Waals surface area contributed by atoms with E-state index in [1.54, 1.807) is 6.20 Å². The van der Waals surface area contributed by atoms with Crippen LogP contribution in [-0.2, 0) is 4.79 Å². The number of nitrogens with zero attached hydrogens (tertiary/aromatic N) is 2. The molecule has 4 heteroatoms. The van der Waals surface area contributed by atoms with Gasteiger partial charge in [-0.15, -0.1) is 0 Å². The number of carbonyl (C=O) groups excluding carboxylic acids is 1. The fourth-order valence-electron chi connectivity index (χ4n) is 4.50. The van der Waals surface area contributed by atoms with Crippen LogP contribution in [0.3, 0.4) is 0 Å². The first kappa shape index (κ1) is 20.3. The number of aromatic nitrogens is 1. The van der Waals surface area contributed by atoms with E-state index >= 15 is 0 Å². The van der Waals surface area contributed by atoms with Crippen LogP contribution in [-0.4, -0.2) is 35.0 Å². The van der Waals surface area contributed by atoms with Crippen molar-refractivity contribution in [2.24, 2.45) is 0 Å². The SMILES string of the molecule is O=C(C(c1ccccc1)c1ccccc1)N1CCC(Oc2cccc3cccnc23)CC1. The minimum absolute atomic E-state index is 0.0820. The molecule has 1 fully saturated rings. The maximum absolute atomic E-state index is 13.6. The van der Waals surface area contributed by atoms with Crippen LogP contribution in [0.25, 0.3) is 10.9 Å². The van der Waals surface area contributed by atoms with Crippen LogP contribution < -0.4 is 4.74 Å². The van der Waals surface area contributed by atoms with E-state index in [-0.39, 0.29) is 17.9 Å². The highest BCUT2D eigenvalue weighted by molar-refractivity contribution is 5.87. The van der Waals surface area contributed by atoms with Crippen molar-refractivity contribution in [3.05, 3.63) is 108 Å². The van der Waals surface area contributed by atoms with Crippen molar-refractivity contribution in [1.82, 2.24) is 9.88 Å². The molecule has 0 N–H and O–H groups in total. The van der Waals surface area contributed by atoms with Crippen LogP contribution in [0.2, 0.25) is 0 Å². The fraction of sp³-hybridized carbons (Fsp3) is 0.214. The van der Waals surface area contributed by atoms with Crippen LogP contribution in [0, 0.1) is 0 Å². The smallest absolute Gasteiger partial charge is 0.234 e. The Hall–Kier alpha value is -3.66. The summed E-state index contributed by atoms with van der Waals surface area (Å²) in [4.78, 5) is 20.1. The highest BCUT2D eigenvalue weighted by atomic mass is 16.5. The summed E-state index contributed by atoms with van der Waals surface area (Å²) < 4.78 is 6.33. The first-order valence-electron chi connectivity index (χ1n) is 11.2. The lowest BCUT2D eigenvalue weighted by molar-refractivity contribution is -0.133. The van der Waals surface area contributed by atoms with E-state index in [4.69, 9.17) is 4.74 Å². The molecule has 4 aromatic rings. The van der Waals surface area contributed by atoms with Crippen molar-refractivity contribution in [1.29, 1.82) is 0 Å². The number of rotatable bonds is 5. The lowest BCUT2D eigenvalue weighted by Crippen LogP contribution is -2.44. The van der Waals surface area contributed by atoms with Crippen molar-refractivity contribution in [2.75, 3.05) is 13.1 Å². The average molecular weight is 423 g/mol. The number of ether oxygens (including phenoxy) is 1. The second kappa shape index (κ2) is 9.23. The first-order valence-corrected chi connectivity index (χ1v) is 11.2. The Balaban J connectivity index is 1.30. The number of carbonyl (C=O) groups is 1. The number of amides is 1. The third-order valence-corrected chi connectivity index (χ3v) is 6.16. The molecule has 160 valence electrons. The zero-order chi connectivity index (χ0) is 21.8. The molecule has 2 heterocycles. The lowest BCUT2D eigenvalue weighted by Gasteiger charge is -2.34. The van der Waals surface area contributed by atoms with Gasteiger partial charge in [0.25, 0.3) is 0 Å². The average Bonchev–Trinajstić information content (AvgIpc) is 2.86. The fourth-order valence-corrected chi connectivity index (χ4v) is 4.50. The predicted octanol–water partition coefficient (Wildman–Crippen LogP) is 5.44. The number of likely N-dealkylation sites (tertiary alicyclic amines) is 1. The van der Waals surface area contributed by atoms with E-state index in [2.05, 4.69) is 4.98 Å². The second-order valence-corrected chi connectivity index (χ2v) is 8.23. The summed E-state index contributed by atoms with van der Waals surface area (Å²) >= 11 is 0. The molecule has 1 aromatic heterocycles. The Bertz CT molecular complexity index is 1140. The van der Waals surface area contributed by atoms with E-state index < -0.39 is 0 Å². The highest BCUT2D eigenvalue weighted by Crippen LogP contribution is 2.30. The summed E-state index contributed by atoms with van der Waals surface area (Å²) in [6.07, 6.45) is 3.50. The lowest BCUT2D eigenvalue weighted by atomic mass is 9.89. The summed E-state index contributed by atoms with van der Waals surface area (Å²) in [7, 11) is 0. The van der Waals surface area contributed by atoms with Gasteiger partial charge in [-0.2, -0.15) is 0 Å². The van der Waals surface area contributed by atoms with Crippen LogP contribution in [0.5, 0.6) is 5.75 Å². The van der Waals surface area contributed by atoms with E-state index in [9.17, 15) is 4.79 Å². The second-order valence-electron chi connectivity index (χ2n) is 8.23. The summed E-state index contributed by atoms with van der Waals surface area (Å²) in [6, 6.07) is 30.1. The summed E-state index contributed by atoms with van der Waals surface area (Å²) in [5.74, 6) is 0.698. The number of hydrogen-bond donors (Lipinski definition) is 0. The van der Waals surface area contributed by atoms with Gasteiger partial charge >= 0.3 is 0 Å². The minimum Gasteiger partial charge on any atom is -0.488 e. The largest absolute Gasteiger partial charge is 0.488 e. The van der Waals surface area contributed by atoms with Crippen molar-refractivity contribution in [3.63, 3.8) is 0 Å². The number of pyridine rings is 1. The Kier molecular flexibility index (Phi) is 5.84. The maximum atomic E-state index is 13.6. The normalized spacial score (nSPS) is 14.6. The van der Waals surface area contributed by atoms with Crippen molar-refractivity contribution < 1.29 is 9.53 Å². The van der Waals surface area contributed by atoms with Gasteiger partial charge in [-0.3, -0.25) is 9.78 Å². The van der Waals surface area contributed by atoms with Crippen LogP contribution in [0.4, 0.5) is 0 Å². The van der Waals surface area contributed by atoms with E-state index in [1.165, 1.54) is 0 Å².